The first-order valence-electron chi connectivity index (χ1n) is 9.00. The van der Waals surface area contributed by atoms with Crippen molar-refractivity contribution in [3.05, 3.63) is 54.1 Å². The molecule has 8 heteroatoms. The van der Waals surface area contributed by atoms with Crippen LogP contribution < -0.4 is 10.6 Å². The standard InChI is InChI=1S/C20H22N2O4S2/c1-14-20(24)22-17-13-16(7-8-18(17)27-14)28(25,26)12-10-19(23)21-11-9-15-5-3-2-4-6-15/h2-8,13-14H,9-12H2,1H3,(H,21,23)(H,22,24). The molecular weight excluding hydrogens is 396 g/mol. The maximum atomic E-state index is 12.6. The highest BCUT2D eigenvalue weighted by molar-refractivity contribution is 8.01. The Morgan fingerprint density at radius 3 is 2.68 bits per heavy atom. The molecule has 6 nitrogen and oxygen atoms in total. The zero-order valence-electron chi connectivity index (χ0n) is 15.5. The van der Waals surface area contributed by atoms with E-state index >= 15 is 0 Å². The zero-order valence-corrected chi connectivity index (χ0v) is 17.1. The first kappa shape index (κ1) is 20.4. The molecule has 2 amide bonds. The maximum Gasteiger partial charge on any atom is 0.237 e. The van der Waals surface area contributed by atoms with E-state index < -0.39 is 9.84 Å². The van der Waals surface area contributed by atoms with Crippen LogP contribution in [0.25, 0.3) is 0 Å². The summed E-state index contributed by atoms with van der Waals surface area (Å²) in [6.45, 7) is 2.26. The fourth-order valence-electron chi connectivity index (χ4n) is 2.81. The number of hydrogen-bond acceptors (Lipinski definition) is 5. The largest absolute Gasteiger partial charge is 0.356 e. The van der Waals surface area contributed by atoms with E-state index in [9.17, 15) is 18.0 Å². The summed E-state index contributed by atoms with van der Waals surface area (Å²) in [4.78, 5) is 24.7. The van der Waals surface area contributed by atoms with Crippen LogP contribution in [0.5, 0.6) is 0 Å². The van der Waals surface area contributed by atoms with Crippen molar-refractivity contribution in [2.45, 2.75) is 34.8 Å². The van der Waals surface area contributed by atoms with Gasteiger partial charge in [0, 0.05) is 17.9 Å². The lowest BCUT2D eigenvalue weighted by molar-refractivity contribution is -0.120. The lowest BCUT2D eigenvalue weighted by atomic mass is 10.1. The molecule has 0 aliphatic carbocycles. The third-order valence-electron chi connectivity index (χ3n) is 4.42. The van der Waals surface area contributed by atoms with Gasteiger partial charge in [0.15, 0.2) is 9.84 Å². The predicted octanol–water partition coefficient (Wildman–Crippen LogP) is 2.64. The van der Waals surface area contributed by atoms with Gasteiger partial charge in [0.25, 0.3) is 0 Å². The minimum Gasteiger partial charge on any atom is -0.356 e. The molecule has 0 radical (unpaired) electrons. The first-order chi connectivity index (χ1) is 13.3. The van der Waals surface area contributed by atoms with Crippen LogP contribution in [0.4, 0.5) is 5.69 Å². The van der Waals surface area contributed by atoms with Crippen molar-refractivity contribution in [2.24, 2.45) is 0 Å². The molecule has 2 aromatic rings. The monoisotopic (exact) mass is 418 g/mol. The summed E-state index contributed by atoms with van der Waals surface area (Å²) >= 11 is 1.39. The van der Waals surface area contributed by atoms with Crippen molar-refractivity contribution in [2.75, 3.05) is 17.6 Å². The molecule has 28 heavy (non-hydrogen) atoms. The number of hydrogen-bond donors (Lipinski definition) is 2. The zero-order chi connectivity index (χ0) is 20.1. The van der Waals surface area contributed by atoms with Crippen molar-refractivity contribution in [1.82, 2.24) is 5.32 Å². The quantitative estimate of drug-likeness (QED) is 0.721. The third kappa shape index (κ3) is 5.14. The van der Waals surface area contributed by atoms with Gasteiger partial charge in [-0.1, -0.05) is 30.3 Å². The maximum absolute atomic E-state index is 12.6. The Labute approximate surface area is 169 Å². The van der Waals surface area contributed by atoms with Crippen molar-refractivity contribution in [3.63, 3.8) is 0 Å². The number of carbonyl (C=O) groups is 2. The van der Waals surface area contributed by atoms with Crippen LogP contribution in [0.2, 0.25) is 0 Å². The van der Waals surface area contributed by atoms with Gasteiger partial charge in [0.2, 0.25) is 11.8 Å². The SMILES string of the molecule is CC1Sc2ccc(S(=O)(=O)CCC(=O)NCCc3ccccc3)cc2NC1=O. The summed E-state index contributed by atoms with van der Waals surface area (Å²) in [7, 11) is -3.62. The lowest BCUT2D eigenvalue weighted by Crippen LogP contribution is -2.28. The molecule has 0 bridgehead atoms. The second kappa shape index (κ2) is 8.79. The van der Waals surface area contributed by atoms with Crippen LogP contribution in [0, 0.1) is 0 Å². The second-order valence-electron chi connectivity index (χ2n) is 6.56. The molecule has 1 aliphatic heterocycles. The van der Waals surface area contributed by atoms with E-state index in [0.717, 1.165) is 10.5 Å². The molecule has 3 rings (SSSR count). The molecular formula is C20H22N2O4S2. The van der Waals surface area contributed by atoms with E-state index in [1.807, 2.05) is 30.3 Å². The van der Waals surface area contributed by atoms with E-state index in [1.54, 1.807) is 13.0 Å². The summed E-state index contributed by atoms with van der Waals surface area (Å²) in [5.74, 6) is -0.722. The summed E-state index contributed by atoms with van der Waals surface area (Å²) in [5.41, 5.74) is 1.61. The first-order valence-corrected chi connectivity index (χ1v) is 11.5. The molecule has 0 aromatic heterocycles. The highest BCUT2D eigenvalue weighted by Crippen LogP contribution is 2.36. The Bertz CT molecular complexity index is 975. The minimum absolute atomic E-state index is 0.105. The van der Waals surface area contributed by atoms with Gasteiger partial charge < -0.3 is 10.6 Å². The van der Waals surface area contributed by atoms with Gasteiger partial charge in [-0.15, -0.1) is 11.8 Å². The second-order valence-corrected chi connectivity index (χ2v) is 10.1. The number of sulfone groups is 1. The van der Waals surface area contributed by atoms with E-state index in [4.69, 9.17) is 0 Å². The fourth-order valence-corrected chi connectivity index (χ4v) is 5.00. The van der Waals surface area contributed by atoms with E-state index in [2.05, 4.69) is 10.6 Å². The topological polar surface area (TPSA) is 92.3 Å². The van der Waals surface area contributed by atoms with Crippen molar-refractivity contribution < 1.29 is 18.0 Å². The number of anilines is 1. The Morgan fingerprint density at radius 2 is 1.93 bits per heavy atom. The molecule has 1 heterocycles. The number of amides is 2. The van der Waals surface area contributed by atoms with Crippen molar-refractivity contribution in [1.29, 1.82) is 0 Å². The van der Waals surface area contributed by atoms with E-state index in [-0.39, 0.29) is 34.1 Å². The predicted molar refractivity (Wildman–Crippen MR) is 110 cm³/mol. The summed E-state index contributed by atoms with van der Waals surface area (Å²) in [6.07, 6.45) is 0.590. The summed E-state index contributed by atoms with van der Waals surface area (Å²) < 4.78 is 25.1. The molecule has 2 N–H and O–H groups in total. The number of fused-ring (bicyclic) bond motifs is 1. The van der Waals surface area contributed by atoms with Gasteiger partial charge >= 0.3 is 0 Å². The fraction of sp³-hybridized carbons (Fsp3) is 0.300. The highest BCUT2D eigenvalue weighted by atomic mass is 32.2. The van der Waals surface area contributed by atoms with Crippen LogP contribution in [0.15, 0.2) is 58.3 Å². The van der Waals surface area contributed by atoms with Crippen LogP contribution >= 0.6 is 11.8 Å². The summed E-state index contributed by atoms with van der Waals surface area (Å²) in [6, 6.07) is 14.4. The van der Waals surface area contributed by atoms with Gasteiger partial charge in [0.1, 0.15) is 0 Å². The van der Waals surface area contributed by atoms with Crippen LogP contribution in [0.1, 0.15) is 18.9 Å². The molecule has 1 unspecified atom stereocenters. The van der Waals surface area contributed by atoms with Crippen molar-refractivity contribution >= 4 is 39.1 Å². The van der Waals surface area contributed by atoms with Crippen molar-refractivity contribution in [3.8, 4) is 0 Å². The normalized spacial score (nSPS) is 16.2. The molecule has 0 saturated heterocycles. The Hall–Kier alpha value is -2.32. The lowest BCUT2D eigenvalue weighted by Gasteiger charge is -2.21. The molecule has 148 valence electrons. The van der Waals surface area contributed by atoms with Crippen LogP contribution in [-0.2, 0) is 25.8 Å². The molecule has 2 aromatic carbocycles. The average Bonchev–Trinajstić information content (AvgIpc) is 2.68. The Balaban J connectivity index is 1.54. The van der Waals surface area contributed by atoms with E-state index in [0.29, 0.717) is 18.7 Å². The van der Waals surface area contributed by atoms with Gasteiger partial charge in [-0.2, -0.15) is 0 Å². The molecule has 0 fully saturated rings. The Kier molecular flexibility index (Phi) is 6.41. The number of benzene rings is 2. The van der Waals surface area contributed by atoms with E-state index in [1.165, 1.54) is 23.9 Å². The van der Waals surface area contributed by atoms with Gasteiger partial charge in [-0.05, 0) is 37.1 Å². The van der Waals surface area contributed by atoms with Crippen LogP contribution in [-0.4, -0.2) is 37.8 Å². The molecule has 1 atom stereocenters. The molecule has 0 spiro atoms. The number of carbonyl (C=O) groups excluding carboxylic acids is 2. The average molecular weight is 419 g/mol. The van der Waals surface area contributed by atoms with Gasteiger partial charge in [0.05, 0.1) is 21.6 Å². The van der Waals surface area contributed by atoms with Gasteiger partial charge in [-0.3, -0.25) is 9.59 Å². The van der Waals surface area contributed by atoms with Crippen LogP contribution in [0.3, 0.4) is 0 Å². The number of thioether (sulfide) groups is 1. The Morgan fingerprint density at radius 1 is 1.18 bits per heavy atom. The number of nitrogens with one attached hydrogen (secondary N) is 2. The van der Waals surface area contributed by atoms with Gasteiger partial charge in [-0.25, -0.2) is 8.42 Å². The molecule has 1 aliphatic rings. The highest BCUT2D eigenvalue weighted by Gasteiger charge is 2.25. The summed E-state index contributed by atoms with van der Waals surface area (Å²) in [5, 5.41) is 5.27. The smallest absolute Gasteiger partial charge is 0.237 e. The minimum atomic E-state index is -3.62. The number of rotatable bonds is 7. The third-order valence-corrected chi connectivity index (χ3v) is 7.31. The molecule has 0 saturated carbocycles.